The zero-order valence-corrected chi connectivity index (χ0v) is 11.4. The second-order valence-electron chi connectivity index (χ2n) is 6.02. The molecule has 0 spiro atoms. The van der Waals surface area contributed by atoms with Crippen molar-refractivity contribution in [1.29, 1.82) is 0 Å². The summed E-state index contributed by atoms with van der Waals surface area (Å²) in [4.78, 5) is 11.5. The highest BCUT2D eigenvalue weighted by Gasteiger charge is 2.61. The first-order chi connectivity index (χ1) is 8.06. The summed E-state index contributed by atoms with van der Waals surface area (Å²) in [6.07, 6.45) is 2.54. The van der Waals surface area contributed by atoms with Crippen molar-refractivity contribution < 1.29 is 9.53 Å². The molecule has 2 rings (SSSR count). The van der Waals surface area contributed by atoms with Crippen molar-refractivity contribution in [2.75, 3.05) is 6.54 Å². The van der Waals surface area contributed by atoms with Crippen LogP contribution in [0.1, 0.15) is 40.5 Å². The predicted octanol–water partition coefficient (Wildman–Crippen LogP) is 3.05. The Hall–Kier alpha value is -0.730. The second kappa shape index (κ2) is 4.87. The van der Waals surface area contributed by atoms with E-state index in [-0.39, 0.29) is 12.2 Å². The third-order valence-electron chi connectivity index (χ3n) is 4.59. The summed E-state index contributed by atoms with van der Waals surface area (Å²) in [5.74, 6) is 3.42. The van der Waals surface area contributed by atoms with Gasteiger partial charge in [-0.05, 0) is 31.1 Å². The first-order valence-corrected chi connectivity index (χ1v) is 7.00. The molecule has 98 valence electrons. The molecule has 17 heavy (non-hydrogen) atoms. The summed E-state index contributed by atoms with van der Waals surface area (Å²) in [6.45, 7) is 9.44. The molecule has 0 aromatic carbocycles. The number of ether oxygens (including phenoxy) is 1. The highest BCUT2D eigenvalue weighted by atomic mass is 16.6. The summed E-state index contributed by atoms with van der Waals surface area (Å²) in [5, 5.41) is 2.72. The normalized spacial score (nSPS) is 39.7. The predicted molar refractivity (Wildman–Crippen MR) is 67.7 cm³/mol. The second-order valence-corrected chi connectivity index (χ2v) is 6.02. The number of fused-ring (bicyclic) bond motifs is 1. The van der Waals surface area contributed by atoms with Crippen LogP contribution < -0.4 is 5.32 Å². The summed E-state index contributed by atoms with van der Waals surface area (Å²) >= 11 is 0. The maximum atomic E-state index is 11.5. The van der Waals surface area contributed by atoms with Crippen LogP contribution in [-0.4, -0.2) is 18.7 Å². The molecule has 0 bridgehead atoms. The van der Waals surface area contributed by atoms with E-state index in [9.17, 15) is 4.79 Å². The summed E-state index contributed by atoms with van der Waals surface area (Å²) in [7, 11) is 0. The van der Waals surface area contributed by atoms with Crippen molar-refractivity contribution in [1.82, 2.24) is 5.32 Å². The molecule has 0 aromatic heterocycles. The first kappa shape index (κ1) is 12.7. The van der Waals surface area contributed by atoms with E-state index in [2.05, 4.69) is 26.1 Å². The van der Waals surface area contributed by atoms with E-state index in [4.69, 9.17) is 4.74 Å². The van der Waals surface area contributed by atoms with Gasteiger partial charge in [0.1, 0.15) is 6.10 Å². The van der Waals surface area contributed by atoms with Crippen molar-refractivity contribution in [3.05, 3.63) is 0 Å². The molecule has 0 aromatic rings. The Morgan fingerprint density at radius 3 is 2.65 bits per heavy atom. The van der Waals surface area contributed by atoms with E-state index in [0.29, 0.717) is 24.3 Å². The van der Waals surface area contributed by atoms with Crippen LogP contribution in [0.15, 0.2) is 0 Å². The Kier molecular flexibility index (Phi) is 3.64. The van der Waals surface area contributed by atoms with E-state index in [0.717, 1.165) is 11.8 Å². The number of nitrogens with one attached hydrogen (secondary N) is 1. The lowest BCUT2D eigenvalue weighted by atomic mass is 9.78. The summed E-state index contributed by atoms with van der Waals surface area (Å²) < 4.78 is 5.55. The van der Waals surface area contributed by atoms with Crippen molar-refractivity contribution in [2.45, 2.75) is 46.6 Å². The number of alkyl carbamates (subject to hydrolysis) is 1. The lowest BCUT2D eigenvalue weighted by Crippen LogP contribution is -2.25. The maximum Gasteiger partial charge on any atom is 0.407 e. The fourth-order valence-electron chi connectivity index (χ4n) is 3.65. The van der Waals surface area contributed by atoms with Gasteiger partial charge in [-0.15, -0.1) is 0 Å². The van der Waals surface area contributed by atoms with Crippen LogP contribution in [0.3, 0.4) is 0 Å². The van der Waals surface area contributed by atoms with Gasteiger partial charge in [0.15, 0.2) is 0 Å². The van der Waals surface area contributed by atoms with Gasteiger partial charge in [-0.3, -0.25) is 0 Å². The van der Waals surface area contributed by atoms with Gasteiger partial charge in [-0.1, -0.05) is 27.2 Å². The van der Waals surface area contributed by atoms with Gasteiger partial charge in [-0.2, -0.15) is 0 Å². The third-order valence-corrected chi connectivity index (χ3v) is 4.59. The molecule has 2 aliphatic carbocycles. The van der Waals surface area contributed by atoms with Gasteiger partial charge in [0.05, 0.1) is 0 Å². The molecule has 3 heteroatoms. The average Bonchev–Trinajstić information content (AvgIpc) is 2.93. The quantitative estimate of drug-likeness (QED) is 0.822. The molecule has 3 nitrogen and oxygen atoms in total. The zero-order chi connectivity index (χ0) is 12.6. The van der Waals surface area contributed by atoms with Crippen molar-refractivity contribution >= 4 is 6.09 Å². The highest BCUT2D eigenvalue weighted by Crippen LogP contribution is 2.59. The molecule has 1 N–H and O–H groups in total. The Labute approximate surface area is 104 Å². The molecule has 2 aliphatic rings. The number of amides is 1. The fourth-order valence-corrected chi connectivity index (χ4v) is 3.65. The monoisotopic (exact) mass is 239 g/mol. The molecular weight excluding hydrogens is 214 g/mol. The van der Waals surface area contributed by atoms with Gasteiger partial charge in [0.25, 0.3) is 0 Å². The standard InChI is InChI=1S/C14H25NO2/c1-5-15-14(16)17-13-11-9(4)6-7-10(8(2)3)12(11)13/h8-13H,5-7H2,1-4H3,(H,15,16). The molecule has 1 amide bonds. The Bertz CT molecular complexity index is 290. The lowest BCUT2D eigenvalue weighted by Gasteiger charge is -2.27. The minimum absolute atomic E-state index is 0.187. The van der Waals surface area contributed by atoms with Gasteiger partial charge >= 0.3 is 6.09 Å². The number of carbonyl (C=O) groups is 1. The molecule has 0 radical (unpaired) electrons. The van der Waals surface area contributed by atoms with Gasteiger partial charge < -0.3 is 10.1 Å². The van der Waals surface area contributed by atoms with Crippen LogP contribution in [0.2, 0.25) is 0 Å². The van der Waals surface area contributed by atoms with E-state index in [1.807, 2.05) is 6.92 Å². The molecule has 0 saturated heterocycles. The molecule has 5 atom stereocenters. The van der Waals surface area contributed by atoms with Gasteiger partial charge in [0.2, 0.25) is 0 Å². The average molecular weight is 239 g/mol. The van der Waals surface area contributed by atoms with Crippen LogP contribution in [0.5, 0.6) is 0 Å². The Morgan fingerprint density at radius 2 is 2.06 bits per heavy atom. The van der Waals surface area contributed by atoms with Crippen molar-refractivity contribution in [3.8, 4) is 0 Å². The fraction of sp³-hybridized carbons (Fsp3) is 0.929. The number of rotatable bonds is 3. The largest absolute Gasteiger partial charge is 0.446 e. The van der Waals surface area contributed by atoms with Crippen LogP contribution in [0, 0.1) is 29.6 Å². The van der Waals surface area contributed by atoms with E-state index >= 15 is 0 Å². The van der Waals surface area contributed by atoms with Gasteiger partial charge in [-0.25, -0.2) is 4.79 Å². The van der Waals surface area contributed by atoms with Crippen molar-refractivity contribution in [3.63, 3.8) is 0 Å². The summed E-state index contributed by atoms with van der Waals surface area (Å²) in [6, 6.07) is 0. The van der Waals surface area contributed by atoms with Crippen LogP contribution >= 0.6 is 0 Å². The topological polar surface area (TPSA) is 38.3 Å². The summed E-state index contributed by atoms with van der Waals surface area (Å²) in [5.41, 5.74) is 0. The minimum atomic E-state index is -0.235. The van der Waals surface area contributed by atoms with Crippen LogP contribution in [0.25, 0.3) is 0 Å². The number of carbonyl (C=O) groups excluding carboxylic acids is 1. The molecular formula is C14H25NO2. The van der Waals surface area contributed by atoms with Crippen LogP contribution in [-0.2, 0) is 4.74 Å². The zero-order valence-electron chi connectivity index (χ0n) is 11.4. The van der Waals surface area contributed by atoms with Gasteiger partial charge in [0, 0.05) is 18.4 Å². The minimum Gasteiger partial charge on any atom is -0.446 e. The van der Waals surface area contributed by atoms with E-state index < -0.39 is 0 Å². The molecule has 2 fully saturated rings. The highest BCUT2D eigenvalue weighted by molar-refractivity contribution is 5.67. The molecule has 2 saturated carbocycles. The van der Waals surface area contributed by atoms with E-state index in [1.54, 1.807) is 0 Å². The number of hydrogen-bond acceptors (Lipinski definition) is 2. The van der Waals surface area contributed by atoms with Crippen molar-refractivity contribution in [2.24, 2.45) is 29.6 Å². The third kappa shape index (κ3) is 2.43. The Morgan fingerprint density at radius 1 is 1.35 bits per heavy atom. The molecule has 5 unspecified atom stereocenters. The maximum absolute atomic E-state index is 11.5. The van der Waals surface area contributed by atoms with E-state index in [1.165, 1.54) is 12.8 Å². The smallest absolute Gasteiger partial charge is 0.407 e. The lowest BCUT2D eigenvalue weighted by molar-refractivity contribution is 0.123. The molecule has 0 aliphatic heterocycles. The number of hydrogen-bond donors (Lipinski definition) is 1. The van der Waals surface area contributed by atoms with Crippen LogP contribution in [0.4, 0.5) is 4.79 Å². The molecule has 0 heterocycles. The Balaban J connectivity index is 1.94. The first-order valence-electron chi connectivity index (χ1n) is 7.00. The SMILES string of the molecule is CCNC(=O)OC1C2C(C)CCC(C(C)C)C12.